The Bertz CT molecular complexity index is 466. The van der Waals surface area contributed by atoms with Crippen LogP contribution in [0.4, 0.5) is 5.69 Å². The smallest absolute Gasteiger partial charge is 0.224 e. The van der Waals surface area contributed by atoms with Crippen LogP contribution in [0.1, 0.15) is 5.69 Å². The first-order valence-corrected chi connectivity index (χ1v) is 4.07. The number of hydrogen-bond acceptors (Lipinski definition) is 2. The van der Waals surface area contributed by atoms with Crippen molar-refractivity contribution in [2.75, 3.05) is 5.73 Å². The lowest BCUT2D eigenvalue weighted by Gasteiger charge is -2.04. The van der Waals surface area contributed by atoms with Gasteiger partial charge in [-0.05, 0) is 18.2 Å². The molecule has 2 aromatic rings. The van der Waals surface area contributed by atoms with Gasteiger partial charge in [-0.15, -0.1) is 0 Å². The molecule has 1 aromatic carbocycles. The van der Waals surface area contributed by atoms with Crippen LogP contribution in [0, 0.1) is 12.1 Å². The molecule has 0 spiro atoms. The van der Waals surface area contributed by atoms with Crippen LogP contribution in [0.5, 0.6) is 0 Å². The minimum absolute atomic E-state index is 0.661. The normalized spacial score (nSPS) is 10.5. The third-order valence-corrected chi connectivity index (χ3v) is 2.09. The van der Waals surface area contributed by atoms with Gasteiger partial charge in [0, 0.05) is 30.1 Å². The molecule has 0 atom stereocenters. The monoisotopic (exact) mass is 174 g/mol. The molecular formula is C10H10N2O. The number of aromatic nitrogens is 1. The molecule has 0 aliphatic heterocycles. The Morgan fingerprint density at radius 1 is 1.23 bits per heavy atom. The van der Waals surface area contributed by atoms with E-state index in [9.17, 15) is 5.21 Å². The fourth-order valence-electron chi connectivity index (χ4n) is 1.36. The van der Waals surface area contributed by atoms with E-state index in [1.54, 1.807) is 31.2 Å². The second kappa shape index (κ2) is 2.62. The number of benzene rings is 1. The van der Waals surface area contributed by atoms with Gasteiger partial charge in [0.05, 0.1) is 0 Å². The number of aryl methyl sites for hydroxylation is 1. The van der Waals surface area contributed by atoms with E-state index in [1.807, 2.05) is 6.07 Å². The summed E-state index contributed by atoms with van der Waals surface area (Å²) in [5.74, 6) is 0. The standard InChI is InChI=1S/C10H10N2O/c1-7-2-3-8-6-9(11)4-5-10(8)12(7)13/h2-6H,11H2,1H3. The topological polar surface area (TPSA) is 53.0 Å². The molecule has 3 nitrogen and oxygen atoms in total. The van der Waals surface area contributed by atoms with Gasteiger partial charge >= 0.3 is 0 Å². The number of hydrogen-bond donors (Lipinski definition) is 1. The van der Waals surface area contributed by atoms with Crippen LogP contribution in [0.25, 0.3) is 10.9 Å². The van der Waals surface area contributed by atoms with Gasteiger partial charge in [-0.2, -0.15) is 4.73 Å². The third kappa shape index (κ3) is 1.18. The number of fused-ring (bicyclic) bond motifs is 1. The van der Waals surface area contributed by atoms with Crippen LogP contribution in [-0.2, 0) is 0 Å². The number of anilines is 1. The Kier molecular flexibility index (Phi) is 1.59. The Morgan fingerprint density at radius 2 is 2.00 bits per heavy atom. The molecule has 0 amide bonds. The van der Waals surface area contributed by atoms with Crippen LogP contribution in [0.15, 0.2) is 30.3 Å². The molecule has 0 aliphatic rings. The van der Waals surface area contributed by atoms with Crippen LogP contribution in [0.2, 0.25) is 0 Å². The van der Waals surface area contributed by atoms with Crippen molar-refractivity contribution in [1.29, 1.82) is 0 Å². The highest BCUT2D eigenvalue weighted by Crippen LogP contribution is 2.14. The van der Waals surface area contributed by atoms with Crippen molar-refractivity contribution < 1.29 is 4.73 Å². The average Bonchev–Trinajstić information content (AvgIpc) is 2.12. The minimum atomic E-state index is 0.661. The van der Waals surface area contributed by atoms with Crippen LogP contribution in [-0.4, -0.2) is 0 Å². The highest BCUT2D eigenvalue weighted by atomic mass is 16.5. The Balaban J connectivity index is 2.87. The van der Waals surface area contributed by atoms with E-state index in [4.69, 9.17) is 5.73 Å². The van der Waals surface area contributed by atoms with Gasteiger partial charge in [-0.1, -0.05) is 0 Å². The molecule has 66 valence electrons. The van der Waals surface area contributed by atoms with E-state index in [1.165, 1.54) is 0 Å². The first kappa shape index (κ1) is 7.86. The van der Waals surface area contributed by atoms with Crippen molar-refractivity contribution in [3.63, 3.8) is 0 Å². The molecular weight excluding hydrogens is 164 g/mol. The van der Waals surface area contributed by atoms with Gasteiger partial charge < -0.3 is 10.9 Å². The molecule has 2 N–H and O–H groups in total. The van der Waals surface area contributed by atoms with E-state index in [0.29, 0.717) is 16.9 Å². The highest BCUT2D eigenvalue weighted by molar-refractivity contribution is 5.79. The maximum Gasteiger partial charge on any atom is 0.224 e. The predicted molar refractivity (Wildman–Crippen MR) is 52.1 cm³/mol. The zero-order valence-electron chi connectivity index (χ0n) is 7.32. The summed E-state index contributed by atoms with van der Waals surface area (Å²) >= 11 is 0. The largest absolute Gasteiger partial charge is 0.618 e. The van der Waals surface area contributed by atoms with Gasteiger partial charge in [0.1, 0.15) is 0 Å². The van der Waals surface area contributed by atoms with E-state index < -0.39 is 0 Å². The molecule has 0 radical (unpaired) electrons. The van der Waals surface area contributed by atoms with Crippen molar-refractivity contribution >= 4 is 16.6 Å². The lowest BCUT2D eigenvalue weighted by atomic mass is 10.2. The minimum Gasteiger partial charge on any atom is -0.618 e. The predicted octanol–water partition coefficient (Wildman–Crippen LogP) is 1.36. The second-order valence-electron chi connectivity index (χ2n) is 3.09. The fraction of sp³-hybridized carbons (Fsp3) is 0.100. The van der Waals surface area contributed by atoms with Crippen molar-refractivity contribution in [2.45, 2.75) is 6.92 Å². The summed E-state index contributed by atoms with van der Waals surface area (Å²) in [7, 11) is 0. The Morgan fingerprint density at radius 3 is 2.77 bits per heavy atom. The summed E-state index contributed by atoms with van der Waals surface area (Å²) in [5, 5.41) is 12.4. The summed E-state index contributed by atoms with van der Waals surface area (Å²) in [6, 6.07) is 8.95. The molecule has 0 unspecified atom stereocenters. The van der Waals surface area contributed by atoms with Crippen LogP contribution in [0.3, 0.4) is 0 Å². The molecule has 0 saturated heterocycles. The lowest BCUT2D eigenvalue weighted by Crippen LogP contribution is -2.30. The maximum atomic E-state index is 11.5. The maximum absolute atomic E-state index is 11.5. The van der Waals surface area contributed by atoms with E-state index in [2.05, 4.69) is 0 Å². The van der Waals surface area contributed by atoms with Crippen LogP contribution >= 0.6 is 0 Å². The second-order valence-corrected chi connectivity index (χ2v) is 3.09. The quantitative estimate of drug-likeness (QED) is 0.372. The number of pyridine rings is 1. The molecule has 2 rings (SSSR count). The number of rotatable bonds is 0. The number of nitrogens with zero attached hydrogens (tertiary/aromatic N) is 1. The Labute approximate surface area is 76.0 Å². The fourth-order valence-corrected chi connectivity index (χ4v) is 1.36. The van der Waals surface area contributed by atoms with Crippen molar-refractivity contribution in [1.82, 2.24) is 0 Å². The summed E-state index contributed by atoms with van der Waals surface area (Å²) in [6.07, 6.45) is 0. The number of nitrogen functional groups attached to an aromatic ring is 1. The summed E-state index contributed by atoms with van der Waals surface area (Å²) in [4.78, 5) is 0. The first-order valence-electron chi connectivity index (χ1n) is 4.07. The van der Waals surface area contributed by atoms with Gasteiger partial charge in [0.15, 0.2) is 5.69 Å². The van der Waals surface area contributed by atoms with Gasteiger partial charge in [0.25, 0.3) is 0 Å². The van der Waals surface area contributed by atoms with Gasteiger partial charge in [-0.3, -0.25) is 0 Å². The molecule has 0 bridgehead atoms. The van der Waals surface area contributed by atoms with Crippen molar-refractivity contribution in [3.05, 3.63) is 41.2 Å². The molecule has 0 aliphatic carbocycles. The van der Waals surface area contributed by atoms with Gasteiger partial charge in [-0.25, -0.2) is 0 Å². The lowest BCUT2D eigenvalue weighted by molar-refractivity contribution is -0.584. The molecule has 0 fully saturated rings. The summed E-state index contributed by atoms with van der Waals surface area (Å²) in [6.45, 7) is 1.78. The van der Waals surface area contributed by atoms with Crippen LogP contribution < -0.4 is 10.5 Å². The van der Waals surface area contributed by atoms with E-state index in [0.717, 1.165) is 10.1 Å². The number of nitrogens with two attached hydrogens (primary N) is 1. The first-order chi connectivity index (χ1) is 6.18. The SMILES string of the molecule is Cc1ccc2cc(N)ccc2[n+]1[O-]. The third-order valence-electron chi connectivity index (χ3n) is 2.09. The zero-order valence-corrected chi connectivity index (χ0v) is 7.32. The zero-order chi connectivity index (χ0) is 9.42. The van der Waals surface area contributed by atoms with E-state index in [-0.39, 0.29) is 0 Å². The highest BCUT2D eigenvalue weighted by Gasteiger charge is 2.05. The molecule has 1 heterocycles. The Hall–Kier alpha value is -1.77. The van der Waals surface area contributed by atoms with Crippen molar-refractivity contribution in [3.8, 4) is 0 Å². The molecule has 13 heavy (non-hydrogen) atoms. The molecule has 1 aromatic heterocycles. The van der Waals surface area contributed by atoms with E-state index >= 15 is 0 Å². The van der Waals surface area contributed by atoms with Crippen molar-refractivity contribution in [2.24, 2.45) is 0 Å². The molecule has 0 saturated carbocycles. The molecule has 3 heteroatoms. The van der Waals surface area contributed by atoms with Gasteiger partial charge in [0.2, 0.25) is 5.52 Å². The summed E-state index contributed by atoms with van der Waals surface area (Å²) in [5.41, 5.74) is 7.63. The average molecular weight is 174 g/mol. The summed E-state index contributed by atoms with van der Waals surface area (Å²) < 4.78 is 0.911.